The fourth-order valence-corrected chi connectivity index (χ4v) is 3.95. The van der Waals surface area contributed by atoms with E-state index >= 15 is 0 Å². The maximum absolute atomic E-state index is 12.6. The van der Waals surface area contributed by atoms with E-state index in [4.69, 9.17) is 0 Å². The lowest BCUT2D eigenvalue weighted by Gasteiger charge is -2.37. The van der Waals surface area contributed by atoms with Crippen molar-refractivity contribution in [3.8, 4) is 0 Å². The Morgan fingerprint density at radius 2 is 1.41 bits per heavy atom. The number of hydrogen-bond donors (Lipinski definition) is 0. The summed E-state index contributed by atoms with van der Waals surface area (Å²) in [5.74, 6) is 3.32. The Morgan fingerprint density at radius 1 is 0.926 bits per heavy atom. The highest BCUT2D eigenvalue weighted by molar-refractivity contribution is 5.79. The van der Waals surface area contributed by atoms with Gasteiger partial charge in [-0.3, -0.25) is 4.79 Å². The summed E-state index contributed by atoms with van der Waals surface area (Å²) in [5.41, 5.74) is 0. The van der Waals surface area contributed by atoms with Crippen molar-refractivity contribution >= 4 is 17.5 Å². The van der Waals surface area contributed by atoms with Crippen LogP contribution in [0, 0.1) is 12.8 Å². The summed E-state index contributed by atoms with van der Waals surface area (Å²) in [5, 5.41) is 0. The molecule has 0 aromatic carbocycles. The Bertz CT molecular complexity index is 631. The number of likely N-dealkylation sites (N-methyl/N-ethyl adjacent to an activating group) is 1. The molecule has 0 spiro atoms. The van der Waals surface area contributed by atoms with E-state index < -0.39 is 0 Å². The molecule has 2 saturated heterocycles. The monoisotopic (exact) mass is 374 g/mol. The highest BCUT2D eigenvalue weighted by Gasteiger charge is 2.26. The van der Waals surface area contributed by atoms with Crippen LogP contribution in [0.1, 0.15) is 32.5 Å². The highest BCUT2D eigenvalue weighted by atomic mass is 16.2. The molecule has 2 fully saturated rings. The van der Waals surface area contributed by atoms with Crippen LogP contribution in [0.5, 0.6) is 0 Å². The van der Waals surface area contributed by atoms with Crippen molar-refractivity contribution in [3.63, 3.8) is 0 Å². The first-order valence-electron chi connectivity index (χ1n) is 10.3. The molecule has 0 atom stereocenters. The predicted octanol–water partition coefficient (Wildman–Crippen LogP) is 1.62. The number of carbonyl (C=O) groups is 1. The van der Waals surface area contributed by atoms with E-state index in [-0.39, 0.29) is 5.92 Å². The molecule has 0 radical (unpaired) electrons. The lowest BCUT2D eigenvalue weighted by Crippen LogP contribution is -2.50. The van der Waals surface area contributed by atoms with Crippen LogP contribution in [0.25, 0.3) is 0 Å². The molecule has 3 heterocycles. The second-order valence-corrected chi connectivity index (χ2v) is 7.75. The minimum Gasteiger partial charge on any atom is -0.354 e. The fraction of sp³-hybridized carbons (Fsp3) is 0.750. The number of amides is 1. The fourth-order valence-electron chi connectivity index (χ4n) is 3.95. The van der Waals surface area contributed by atoms with E-state index in [1.54, 1.807) is 0 Å². The van der Waals surface area contributed by atoms with Gasteiger partial charge in [0.05, 0.1) is 0 Å². The van der Waals surface area contributed by atoms with Gasteiger partial charge in [-0.1, -0.05) is 13.8 Å². The van der Waals surface area contributed by atoms with Crippen molar-refractivity contribution in [2.24, 2.45) is 5.92 Å². The third kappa shape index (κ3) is 4.69. The van der Waals surface area contributed by atoms with Gasteiger partial charge in [0.2, 0.25) is 5.91 Å². The summed E-state index contributed by atoms with van der Waals surface area (Å²) in [7, 11) is 2.16. The second kappa shape index (κ2) is 8.87. The number of hydrogen-bond acceptors (Lipinski definition) is 6. The van der Waals surface area contributed by atoms with Crippen molar-refractivity contribution in [2.75, 3.05) is 69.2 Å². The zero-order valence-corrected chi connectivity index (χ0v) is 17.3. The Labute approximate surface area is 163 Å². The first-order chi connectivity index (χ1) is 13.0. The first kappa shape index (κ1) is 19.9. The zero-order valence-electron chi connectivity index (χ0n) is 17.3. The number of piperazine rings is 2. The Hall–Kier alpha value is -1.89. The molecular formula is C20H34N6O. The van der Waals surface area contributed by atoms with Crippen molar-refractivity contribution in [1.82, 2.24) is 19.8 Å². The summed E-state index contributed by atoms with van der Waals surface area (Å²) < 4.78 is 0. The zero-order chi connectivity index (χ0) is 19.4. The van der Waals surface area contributed by atoms with E-state index in [1.165, 1.54) is 0 Å². The van der Waals surface area contributed by atoms with Crippen molar-refractivity contribution < 1.29 is 4.79 Å². The van der Waals surface area contributed by atoms with E-state index in [9.17, 15) is 4.79 Å². The lowest BCUT2D eigenvalue weighted by molar-refractivity contribution is -0.136. The SMILES string of the molecule is CCC(CC)C(=O)N1CCN(c2cc(N3CCN(C)CC3)nc(C)n2)CC1. The van der Waals surface area contributed by atoms with Crippen LogP contribution >= 0.6 is 0 Å². The maximum Gasteiger partial charge on any atom is 0.225 e. The standard InChI is InChI=1S/C20H34N6O/c1-5-17(6-2)20(27)26-13-11-25(12-14-26)19-15-18(21-16(3)22-19)24-9-7-23(4)8-10-24/h15,17H,5-14H2,1-4H3. The smallest absolute Gasteiger partial charge is 0.225 e. The number of rotatable bonds is 5. The normalized spacial score (nSPS) is 19.1. The molecule has 0 bridgehead atoms. The van der Waals surface area contributed by atoms with Gasteiger partial charge >= 0.3 is 0 Å². The third-order valence-corrected chi connectivity index (χ3v) is 5.89. The van der Waals surface area contributed by atoms with Crippen molar-refractivity contribution in [1.29, 1.82) is 0 Å². The van der Waals surface area contributed by atoms with Crippen LogP contribution < -0.4 is 9.80 Å². The van der Waals surface area contributed by atoms with E-state index in [0.29, 0.717) is 5.91 Å². The molecule has 2 aliphatic rings. The van der Waals surface area contributed by atoms with Gasteiger partial charge in [-0.25, -0.2) is 9.97 Å². The van der Waals surface area contributed by atoms with Gasteiger partial charge < -0.3 is 19.6 Å². The van der Waals surface area contributed by atoms with Crippen LogP contribution in [0.15, 0.2) is 6.07 Å². The van der Waals surface area contributed by atoms with Gasteiger partial charge in [0.25, 0.3) is 0 Å². The molecule has 0 aliphatic carbocycles. The predicted molar refractivity (Wildman–Crippen MR) is 109 cm³/mol. The second-order valence-electron chi connectivity index (χ2n) is 7.75. The summed E-state index contributed by atoms with van der Waals surface area (Å²) in [4.78, 5) is 31.0. The van der Waals surface area contributed by atoms with Crippen LogP contribution in [-0.2, 0) is 4.79 Å². The Kier molecular flexibility index (Phi) is 6.52. The van der Waals surface area contributed by atoms with Crippen LogP contribution in [-0.4, -0.2) is 85.1 Å². The molecule has 1 aromatic rings. The van der Waals surface area contributed by atoms with Gasteiger partial charge in [-0.15, -0.1) is 0 Å². The molecule has 0 saturated carbocycles. The van der Waals surface area contributed by atoms with Gasteiger partial charge in [0.1, 0.15) is 17.5 Å². The third-order valence-electron chi connectivity index (χ3n) is 5.89. The van der Waals surface area contributed by atoms with E-state index in [0.717, 1.165) is 82.7 Å². The molecule has 0 unspecified atom stereocenters. The average Bonchev–Trinajstić information content (AvgIpc) is 2.69. The first-order valence-corrected chi connectivity index (χ1v) is 10.3. The van der Waals surface area contributed by atoms with Crippen LogP contribution in [0.3, 0.4) is 0 Å². The van der Waals surface area contributed by atoms with Gasteiger partial charge in [0.15, 0.2) is 0 Å². The minimum absolute atomic E-state index is 0.168. The summed E-state index contributed by atoms with van der Waals surface area (Å²) in [6, 6.07) is 2.12. The lowest BCUT2D eigenvalue weighted by atomic mass is 10.0. The van der Waals surface area contributed by atoms with Crippen molar-refractivity contribution in [2.45, 2.75) is 33.6 Å². The van der Waals surface area contributed by atoms with Crippen molar-refractivity contribution in [3.05, 3.63) is 11.9 Å². The largest absolute Gasteiger partial charge is 0.354 e. The average molecular weight is 375 g/mol. The minimum atomic E-state index is 0.168. The highest BCUT2D eigenvalue weighted by Crippen LogP contribution is 2.22. The number of anilines is 2. The Morgan fingerprint density at radius 3 is 1.89 bits per heavy atom. The van der Waals surface area contributed by atoms with Gasteiger partial charge in [-0.05, 0) is 26.8 Å². The molecule has 7 nitrogen and oxygen atoms in total. The molecule has 3 rings (SSSR count). The number of nitrogens with zero attached hydrogens (tertiary/aromatic N) is 6. The van der Waals surface area contributed by atoms with Crippen LogP contribution in [0.4, 0.5) is 11.6 Å². The Balaban J connectivity index is 1.65. The van der Waals surface area contributed by atoms with Gasteiger partial charge in [-0.2, -0.15) is 0 Å². The maximum atomic E-state index is 12.6. The molecular weight excluding hydrogens is 340 g/mol. The van der Waals surface area contributed by atoms with Gasteiger partial charge in [0, 0.05) is 64.3 Å². The van der Waals surface area contributed by atoms with E-state index in [1.807, 2.05) is 11.8 Å². The topological polar surface area (TPSA) is 55.8 Å². The quantitative estimate of drug-likeness (QED) is 0.781. The van der Waals surface area contributed by atoms with E-state index in [2.05, 4.69) is 51.6 Å². The molecule has 2 aliphatic heterocycles. The molecule has 1 aromatic heterocycles. The molecule has 150 valence electrons. The summed E-state index contributed by atoms with van der Waals surface area (Å²) in [6.45, 7) is 13.5. The molecule has 1 amide bonds. The number of aryl methyl sites for hydroxylation is 1. The summed E-state index contributed by atoms with van der Waals surface area (Å²) >= 11 is 0. The molecule has 27 heavy (non-hydrogen) atoms. The summed E-state index contributed by atoms with van der Waals surface area (Å²) in [6.07, 6.45) is 1.85. The number of aromatic nitrogens is 2. The number of carbonyl (C=O) groups excluding carboxylic acids is 1. The molecule has 0 N–H and O–H groups in total. The van der Waals surface area contributed by atoms with Crippen LogP contribution in [0.2, 0.25) is 0 Å². The molecule has 7 heteroatoms.